The smallest absolute Gasteiger partial charge is 0.0645 e. The molecule has 0 bridgehead atoms. The van der Waals surface area contributed by atoms with Gasteiger partial charge in [-0.05, 0) is 25.9 Å². The van der Waals surface area contributed by atoms with Gasteiger partial charge in [0.2, 0.25) is 0 Å². The molecule has 0 aliphatic carbocycles. The minimum absolute atomic E-state index is 0.393. The average Bonchev–Trinajstić information content (AvgIpc) is 2.07. The number of rotatable bonds is 3. The number of hydrogen-bond donors (Lipinski definition) is 1. The molecule has 1 saturated heterocycles. The predicted octanol–water partition coefficient (Wildman–Crippen LogP) is 0.669. The third kappa shape index (κ3) is 3.35. The molecule has 3 heteroatoms. The lowest BCUT2D eigenvalue weighted by Gasteiger charge is -2.22. The number of ether oxygens (including phenoxy) is 1. The summed E-state index contributed by atoms with van der Waals surface area (Å²) in [6, 6.07) is 2.07. The molecule has 0 unspecified atom stereocenters. The molecule has 1 heterocycles. The van der Waals surface area contributed by atoms with Gasteiger partial charge >= 0.3 is 0 Å². The summed E-state index contributed by atoms with van der Waals surface area (Å²) >= 11 is 0. The SMILES string of the molecule is N#CCCOC1CCNCC1. The minimum Gasteiger partial charge on any atom is -0.377 e. The molecule has 1 aliphatic heterocycles. The van der Waals surface area contributed by atoms with E-state index in [-0.39, 0.29) is 0 Å². The second-order valence-electron chi connectivity index (χ2n) is 2.73. The largest absolute Gasteiger partial charge is 0.377 e. The van der Waals surface area contributed by atoms with Crippen LogP contribution in [0.5, 0.6) is 0 Å². The maximum atomic E-state index is 8.25. The van der Waals surface area contributed by atoms with E-state index in [2.05, 4.69) is 11.4 Å². The Morgan fingerprint density at radius 2 is 2.18 bits per heavy atom. The molecule has 0 aromatic rings. The molecule has 3 nitrogen and oxygen atoms in total. The van der Waals surface area contributed by atoms with Gasteiger partial charge in [-0.3, -0.25) is 0 Å². The fourth-order valence-corrected chi connectivity index (χ4v) is 1.23. The van der Waals surface area contributed by atoms with Crippen molar-refractivity contribution in [1.29, 1.82) is 5.26 Å². The van der Waals surface area contributed by atoms with E-state index in [4.69, 9.17) is 10.00 Å². The lowest BCUT2D eigenvalue weighted by atomic mass is 10.1. The van der Waals surface area contributed by atoms with Crippen molar-refractivity contribution in [2.24, 2.45) is 0 Å². The summed E-state index contributed by atoms with van der Waals surface area (Å²) in [5.41, 5.74) is 0. The van der Waals surface area contributed by atoms with Gasteiger partial charge in [0.1, 0.15) is 0 Å². The van der Waals surface area contributed by atoms with Crippen molar-refractivity contribution in [3.05, 3.63) is 0 Å². The maximum absolute atomic E-state index is 8.25. The standard InChI is InChI=1S/C8H14N2O/c9-4-1-7-11-8-2-5-10-6-3-8/h8,10H,1-3,5-7H2. The minimum atomic E-state index is 0.393. The summed E-state index contributed by atoms with van der Waals surface area (Å²) in [6.45, 7) is 2.70. The summed E-state index contributed by atoms with van der Waals surface area (Å²) in [5, 5.41) is 11.5. The first kappa shape index (κ1) is 8.51. The summed E-state index contributed by atoms with van der Waals surface area (Å²) in [5.74, 6) is 0. The van der Waals surface area contributed by atoms with Crippen LogP contribution in [0.25, 0.3) is 0 Å². The molecule has 1 fully saturated rings. The van der Waals surface area contributed by atoms with Crippen molar-refractivity contribution in [3.63, 3.8) is 0 Å². The highest BCUT2D eigenvalue weighted by Crippen LogP contribution is 2.06. The topological polar surface area (TPSA) is 45.0 Å². The number of piperidine rings is 1. The molecule has 62 valence electrons. The molecule has 1 rings (SSSR count). The van der Waals surface area contributed by atoms with Crippen LogP contribution < -0.4 is 5.32 Å². The highest BCUT2D eigenvalue weighted by atomic mass is 16.5. The lowest BCUT2D eigenvalue weighted by molar-refractivity contribution is 0.0364. The fraction of sp³-hybridized carbons (Fsp3) is 0.875. The first-order valence-electron chi connectivity index (χ1n) is 4.13. The van der Waals surface area contributed by atoms with Gasteiger partial charge in [0.15, 0.2) is 0 Å². The Morgan fingerprint density at radius 1 is 1.45 bits per heavy atom. The first-order valence-corrected chi connectivity index (χ1v) is 4.13. The molecule has 0 saturated carbocycles. The fourth-order valence-electron chi connectivity index (χ4n) is 1.23. The van der Waals surface area contributed by atoms with E-state index in [1.54, 1.807) is 0 Å². The van der Waals surface area contributed by atoms with Crippen LogP contribution in [0.1, 0.15) is 19.3 Å². The van der Waals surface area contributed by atoms with Crippen LogP contribution in [0.3, 0.4) is 0 Å². The molecule has 0 radical (unpaired) electrons. The van der Waals surface area contributed by atoms with Crippen LogP contribution in [0.4, 0.5) is 0 Å². The average molecular weight is 154 g/mol. The molecule has 0 aromatic carbocycles. The highest BCUT2D eigenvalue weighted by molar-refractivity contribution is 4.71. The van der Waals surface area contributed by atoms with Crippen LogP contribution >= 0.6 is 0 Å². The van der Waals surface area contributed by atoms with Gasteiger partial charge in [-0.15, -0.1) is 0 Å². The molecule has 0 atom stereocenters. The molecule has 1 N–H and O–H groups in total. The molecule has 1 aliphatic rings. The molecular weight excluding hydrogens is 140 g/mol. The van der Waals surface area contributed by atoms with Gasteiger partial charge in [0.25, 0.3) is 0 Å². The second kappa shape index (κ2) is 5.11. The Balaban J connectivity index is 2.01. The van der Waals surface area contributed by atoms with Gasteiger partial charge in [0, 0.05) is 0 Å². The van der Waals surface area contributed by atoms with E-state index in [1.165, 1.54) is 0 Å². The summed E-state index contributed by atoms with van der Waals surface area (Å²) in [6.07, 6.45) is 3.09. The zero-order valence-electron chi connectivity index (χ0n) is 6.68. The zero-order chi connectivity index (χ0) is 7.94. The van der Waals surface area contributed by atoms with Gasteiger partial charge in [-0.1, -0.05) is 0 Å². The van der Waals surface area contributed by atoms with E-state index in [0.717, 1.165) is 25.9 Å². The van der Waals surface area contributed by atoms with Gasteiger partial charge in [-0.2, -0.15) is 5.26 Å². The van der Waals surface area contributed by atoms with Crippen LogP contribution in [0.15, 0.2) is 0 Å². The Morgan fingerprint density at radius 3 is 2.82 bits per heavy atom. The Kier molecular flexibility index (Phi) is 3.95. The number of nitrogens with one attached hydrogen (secondary N) is 1. The van der Waals surface area contributed by atoms with Crippen molar-refractivity contribution in [2.45, 2.75) is 25.4 Å². The van der Waals surface area contributed by atoms with Crippen LogP contribution in [0.2, 0.25) is 0 Å². The van der Waals surface area contributed by atoms with Crippen LogP contribution in [-0.4, -0.2) is 25.8 Å². The van der Waals surface area contributed by atoms with Gasteiger partial charge in [0.05, 0.1) is 25.2 Å². The van der Waals surface area contributed by atoms with Crippen molar-refractivity contribution in [3.8, 4) is 6.07 Å². The Hall–Kier alpha value is -0.590. The third-order valence-corrected chi connectivity index (χ3v) is 1.85. The molecule has 0 amide bonds. The van der Waals surface area contributed by atoms with Crippen molar-refractivity contribution < 1.29 is 4.74 Å². The van der Waals surface area contributed by atoms with Crippen LogP contribution in [-0.2, 0) is 4.74 Å². The number of hydrogen-bond acceptors (Lipinski definition) is 3. The zero-order valence-corrected chi connectivity index (χ0v) is 6.68. The third-order valence-electron chi connectivity index (χ3n) is 1.85. The number of nitrogens with zero attached hydrogens (tertiary/aromatic N) is 1. The van der Waals surface area contributed by atoms with E-state index >= 15 is 0 Å². The van der Waals surface area contributed by atoms with E-state index < -0.39 is 0 Å². The summed E-state index contributed by atoms with van der Waals surface area (Å²) in [7, 11) is 0. The highest BCUT2D eigenvalue weighted by Gasteiger charge is 2.12. The predicted molar refractivity (Wildman–Crippen MR) is 42.1 cm³/mol. The summed E-state index contributed by atoms with van der Waals surface area (Å²) < 4.78 is 5.46. The first-order chi connectivity index (χ1) is 5.43. The van der Waals surface area contributed by atoms with Crippen molar-refractivity contribution in [2.75, 3.05) is 19.7 Å². The van der Waals surface area contributed by atoms with Gasteiger partial charge in [-0.25, -0.2) is 0 Å². The monoisotopic (exact) mass is 154 g/mol. The summed E-state index contributed by atoms with van der Waals surface area (Å²) in [4.78, 5) is 0. The molecule has 11 heavy (non-hydrogen) atoms. The Bertz CT molecular complexity index is 136. The quantitative estimate of drug-likeness (QED) is 0.608. The normalized spacial score (nSPS) is 19.5. The molecule has 0 aromatic heterocycles. The maximum Gasteiger partial charge on any atom is 0.0645 e. The van der Waals surface area contributed by atoms with Crippen molar-refractivity contribution in [1.82, 2.24) is 5.32 Å². The lowest BCUT2D eigenvalue weighted by Crippen LogP contribution is -2.32. The molecule has 0 spiro atoms. The second-order valence-corrected chi connectivity index (χ2v) is 2.73. The van der Waals surface area contributed by atoms with Crippen molar-refractivity contribution >= 4 is 0 Å². The molecular formula is C8H14N2O. The Labute approximate surface area is 67.3 Å². The van der Waals surface area contributed by atoms with Crippen LogP contribution in [0, 0.1) is 11.3 Å². The number of nitriles is 1. The van der Waals surface area contributed by atoms with E-state index in [9.17, 15) is 0 Å². The van der Waals surface area contributed by atoms with Gasteiger partial charge < -0.3 is 10.1 Å². The van der Waals surface area contributed by atoms with E-state index in [1.807, 2.05) is 0 Å². The van der Waals surface area contributed by atoms with E-state index in [0.29, 0.717) is 19.1 Å².